The zero-order valence-corrected chi connectivity index (χ0v) is 12.1. The molecule has 0 bridgehead atoms. The molecule has 20 heavy (non-hydrogen) atoms. The molecule has 1 aliphatic rings. The van der Waals surface area contributed by atoms with Crippen molar-refractivity contribution in [2.24, 2.45) is 20.0 Å². The molecule has 1 aromatic rings. The molecule has 1 aliphatic carbocycles. The van der Waals surface area contributed by atoms with Crippen molar-refractivity contribution in [3.8, 4) is 6.07 Å². The van der Waals surface area contributed by atoms with Crippen LogP contribution in [0, 0.1) is 17.2 Å². The standard InChI is InChI=1S/C14H20N4O2/c1-9-4-6-10(7-5-9)16-12-11(8-15)13(19)18(3)14(20)17(12)2/h9-10,16H,4-7H2,1-3H3. The maximum absolute atomic E-state index is 12.0. The summed E-state index contributed by atoms with van der Waals surface area (Å²) in [5, 5.41) is 12.4. The van der Waals surface area contributed by atoms with Crippen LogP contribution in [0.2, 0.25) is 0 Å². The highest BCUT2D eigenvalue weighted by Gasteiger charge is 2.22. The lowest BCUT2D eigenvalue weighted by Crippen LogP contribution is -2.41. The third kappa shape index (κ3) is 2.48. The van der Waals surface area contributed by atoms with Crippen LogP contribution >= 0.6 is 0 Å². The van der Waals surface area contributed by atoms with Crippen molar-refractivity contribution in [2.45, 2.75) is 38.6 Å². The lowest BCUT2D eigenvalue weighted by molar-refractivity contribution is 0.360. The summed E-state index contributed by atoms with van der Waals surface area (Å²) in [5.74, 6) is 1.07. The van der Waals surface area contributed by atoms with E-state index in [2.05, 4.69) is 12.2 Å². The molecule has 0 amide bonds. The first kappa shape index (κ1) is 14.4. The fourth-order valence-corrected chi connectivity index (χ4v) is 2.71. The van der Waals surface area contributed by atoms with E-state index in [1.54, 1.807) is 7.05 Å². The van der Waals surface area contributed by atoms with Crippen LogP contribution in [0.4, 0.5) is 5.82 Å². The molecule has 6 nitrogen and oxygen atoms in total. The highest BCUT2D eigenvalue weighted by molar-refractivity contribution is 5.51. The average Bonchev–Trinajstić information content (AvgIpc) is 2.45. The molecule has 108 valence electrons. The van der Waals surface area contributed by atoms with E-state index in [1.165, 1.54) is 11.6 Å². The molecular formula is C14H20N4O2. The summed E-state index contributed by atoms with van der Waals surface area (Å²) in [6.45, 7) is 2.23. The van der Waals surface area contributed by atoms with E-state index in [0.717, 1.165) is 36.2 Å². The van der Waals surface area contributed by atoms with Gasteiger partial charge in [0.2, 0.25) is 0 Å². The van der Waals surface area contributed by atoms with Crippen molar-refractivity contribution in [3.63, 3.8) is 0 Å². The Kier molecular flexibility index (Phi) is 3.98. The number of rotatable bonds is 2. The van der Waals surface area contributed by atoms with E-state index in [9.17, 15) is 14.9 Å². The number of hydrogen-bond donors (Lipinski definition) is 1. The third-order valence-electron chi connectivity index (χ3n) is 4.13. The summed E-state index contributed by atoms with van der Waals surface area (Å²) in [4.78, 5) is 23.9. The predicted octanol–water partition coefficient (Wildman–Crippen LogP) is 0.946. The Morgan fingerprint density at radius 3 is 2.30 bits per heavy atom. The van der Waals surface area contributed by atoms with Gasteiger partial charge in [-0.15, -0.1) is 0 Å². The van der Waals surface area contributed by atoms with Crippen LogP contribution in [0.25, 0.3) is 0 Å². The van der Waals surface area contributed by atoms with Crippen molar-refractivity contribution in [2.75, 3.05) is 5.32 Å². The van der Waals surface area contributed by atoms with E-state index in [4.69, 9.17) is 0 Å². The predicted molar refractivity (Wildman–Crippen MR) is 76.7 cm³/mol. The molecule has 0 aliphatic heterocycles. The normalized spacial score (nSPS) is 22.3. The Labute approximate surface area is 117 Å². The second-order valence-electron chi connectivity index (χ2n) is 5.64. The van der Waals surface area contributed by atoms with Gasteiger partial charge in [0.05, 0.1) is 0 Å². The number of anilines is 1. The summed E-state index contributed by atoms with van der Waals surface area (Å²) in [6, 6.07) is 2.13. The van der Waals surface area contributed by atoms with Gasteiger partial charge in [-0.05, 0) is 31.6 Å². The largest absolute Gasteiger partial charge is 0.367 e. The quantitative estimate of drug-likeness (QED) is 0.872. The minimum Gasteiger partial charge on any atom is -0.367 e. The molecule has 1 aromatic heterocycles. The second-order valence-corrected chi connectivity index (χ2v) is 5.64. The van der Waals surface area contributed by atoms with Crippen LogP contribution in [-0.4, -0.2) is 15.2 Å². The van der Waals surface area contributed by atoms with E-state index < -0.39 is 11.2 Å². The van der Waals surface area contributed by atoms with Gasteiger partial charge in [0.25, 0.3) is 5.56 Å². The SMILES string of the molecule is CC1CCC(Nc2c(C#N)c(=O)n(C)c(=O)n2C)CC1. The van der Waals surface area contributed by atoms with Crippen LogP contribution in [0.15, 0.2) is 9.59 Å². The van der Waals surface area contributed by atoms with Gasteiger partial charge in [-0.3, -0.25) is 13.9 Å². The zero-order valence-electron chi connectivity index (χ0n) is 12.1. The molecule has 2 rings (SSSR count). The second kappa shape index (κ2) is 5.53. The van der Waals surface area contributed by atoms with Crippen molar-refractivity contribution in [3.05, 3.63) is 26.4 Å². The van der Waals surface area contributed by atoms with Gasteiger partial charge in [-0.25, -0.2) is 4.79 Å². The fraction of sp³-hybridized carbons (Fsp3) is 0.643. The number of aromatic nitrogens is 2. The maximum atomic E-state index is 12.0. The smallest absolute Gasteiger partial charge is 0.332 e. The lowest BCUT2D eigenvalue weighted by Gasteiger charge is -2.28. The van der Waals surface area contributed by atoms with E-state index in [-0.39, 0.29) is 11.6 Å². The molecule has 1 N–H and O–H groups in total. The number of nitrogens with zero attached hydrogens (tertiary/aromatic N) is 3. The number of hydrogen-bond acceptors (Lipinski definition) is 4. The summed E-state index contributed by atoms with van der Waals surface area (Å²) in [5.41, 5.74) is -0.948. The molecule has 0 aromatic carbocycles. The average molecular weight is 276 g/mol. The first-order chi connectivity index (χ1) is 9.45. The van der Waals surface area contributed by atoms with E-state index in [1.807, 2.05) is 6.07 Å². The molecule has 0 saturated heterocycles. The zero-order chi connectivity index (χ0) is 14.9. The molecule has 0 spiro atoms. The Morgan fingerprint density at radius 1 is 1.15 bits per heavy atom. The molecule has 0 atom stereocenters. The van der Waals surface area contributed by atoms with Crippen molar-refractivity contribution < 1.29 is 0 Å². The molecule has 1 fully saturated rings. The third-order valence-corrected chi connectivity index (χ3v) is 4.13. The van der Waals surface area contributed by atoms with Crippen LogP contribution in [0.1, 0.15) is 38.2 Å². The van der Waals surface area contributed by atoms with Crippen LogP contribution in [0.3, 0.4) is 0 Å². The molecule has 0 radical (unpaired) electrons. The first-order valence-corrected chi connectivity index (χ1v) is 6.92. The summed E-state index contributed by atoms with van der Waals surface area (Å²) in [6.07, 6.45) is 4.24. The van der Waals surface area contributed by atoms with Gasteiger partial charge in [0, 0.05) is 20.1 Å². The van der Waals surface area contributed by atoms with Gasteiger partial charge in [0.1, 0.15) is 11.9 Å². The Morgan fingerprint density at radius 2 is 1.75 bits per heavy atom. The van der Waals surface area contributed by atoms with Crippen LogP contribution in [-0.2, 0) is 14.1 Å². The van der Waals surface area contributed by atoms with E-state index >= 15 is 0 Å². The van der Waals surface area contributed by atoms with Crippen LogP contribution in [0.5, 0.6) is 0 Å². The molecule has 0 unspecified atom stereocenters. The molecule has 6 heteroatoms. The van der Waals surface area contributed by atoms with Crippen molar-refractivity contribution in [1.82, 2.24) is 9.13 Å². The number of nitriles is 1. The van der Waals surface area contributed by atoms with Gasteiger partial charge < -0.3 is 5.32 Å². The van der Waals surface area contributed by atoms with Gasteiger partial charge >= 0.3 is 5.69 Å². The van der Waals surface area contributed by atoms with Gasteiger partial charge in [-0.2, -0.15) is 5.26 Å². The summed E-state index contributed by atoms with van der Waals surface area (Å²) in [7, 11) is 2.97. The minimum absolute atomic E-state index is 0.00761. The lowest BCUT2D eigenvalue weighted by atomic mass is 9.87. The maximum Gasteiger partial charge on any atom is 0.332 e. The highest BCUT2D eigenvalue weighted by Crippen LogP contribution is 2.26. The van der Waals surface area contributed by atoms with E-state index in [0.29, 0.717) is 5.82 Å². The van der Waals surface area contributed by atoms with Gasteiger partial charge in [-0.1, -0.05) is 6.92 Å². The fourth-order valence-electron chi connectivity index (χ4n) is 2.71. The Balaban J connectivity index is 2.39. The summed E-state index contributed by atoms with van der Waals surface area (Å²) < 4.78 is 2.31. The van der Waals surface area contributed by atoms with Crippen molar-refractivity contribution in [1.29, 1.82) is 5.26 Å². The molecule has 1 heterocycles. The van der Waals surface area contributed by atoms with Gasteiger partial charge in [0.15, 0.2) is 5.56 Å². The van der Waals surface area contributed by atoms with Crippen LogP contribution < -0.4 is 16.6 Å². The summed E-state index contributed by atoms with van der Waals surface area (Å²) >= 11 is 0. The first-order valence-electron chi connectivity index (χ1n) is 6.92. The minimum atomic E-state index is -0.540. The topological polar surface area (TPSA) is 79.8 Å². The molecular weight excluding hydrogens is 256 g/mol. The monoisotopic (exact) mass is 276 g/mol. The number of nitrogens with one attached hydrogen (secondary N) is 1. The highest BCUT2D eigenvalue weighted by atomic mass is 16.2. The molecule has 1 saturated carbocycles. The Hall–Kier alpha value is -2.03. The van der Waals surface area contributed by atoms with Crippen molar-refractivity contribution >= 4 is 5.82 Å². The Bertz CT molecular complexity index is 657.